The van der Waals surface area contributed by atoms with Crippen LogP contribution in [0.4, 0.5) is 0 Å². The average molecular weight is 632 g/mol. The molecule has 0 radical (unpaired) electrons. The van der Waals surface area contributed by atoms with E-state index in [0.29, 0.717) is 0 Å². The van der Waals surface area contributed by atoms with Gasteiger partial charge in [-0.3, -0.25) is 4.98 Å². The zero-order valence-electron chi connectivity index (χ0n) is 18.9. The van der Waals surface area contributed by atoms with E-state index in [-0.39, 0.29) is 21.1 Å². The Bertz CT molecular complexity index is 1770. The maximum atomic E-state index is 5.00. The molecular formula is C30H20N4Pt. The number of benzene rings is 3. The van der Waals surface area contributed by atoms with E-state index in [4.69, 9.17) is 4.98 Å². The monoisotopic (exact) mass is 631 g/mol. The molecular weight excluding hydrogens is 611 g/mol. The molecule has 3 aromatic heterocycles. The SMILES string of the molecule is Cc1cccc2c(/C=c3\[n-]/c(=C\c4[c-]c(-c5ccccn5)ccc4)c4ccccc34)ncnc12.[Pt+2]. The summed E-state index contributed by atoms with van der Waals surface area (Å²) in [7, 11) is 0. The Kier molecular flexibility index (Phi) is 6.39. The van der Waals surface area contributed by atoms with Gasteiger partial charge in [0.15, 0.2) is 0 Å². The molecule has 3 heterocycles. The molecule has 0 atom stereocenters. The van der Waals surface area contributed by atoms with E-state index in [2.05, 4.69) is 64.4 Å². The number of aryl methyl sites for hydroxylation is 1. The number of aromatic nitrogens is 4. The first-order chi connectivity index (χ1) is 16.8. The largest absolute Gasteiger partial charge is 2.00 e. The Morgan fingerprint density at radius 1 is 0.714 bits per heavy atom. The van der Waals surface area contributed by atoms with Gasteiger partial charge in [0.2, 0.25) is 0 Å². The van der Waals surface area contributed by atoms with Crippen LogP contribution in [0.5, 0.6) is 0 Å². The third kappa shape index (κ3) is 4.45. The van der Waals surface area contributed by atoms with Crippen molar-refractivity contribution in [1.29, 1.82) is 0 Å². The van der Waals surface area contributed by atoms with Gasteiger partial charge in [-0.25, -0.2) is 9.97 Å². The van der Waals surface area contributed by atoms with Gasteiger partial charge in [0, 0.05) is 17.3 Å². The summed E-state index contributed by atoms with van der Waals surface area (Å²) in [6, 6.07) is 29.9. The minimum atomic E-state index is 0. The van der Waals surface area contributed by atoms with E-state index < -0.39 is 0 Å². The van der Waals surface area contributed by atoms with E-state index >= 15 is 0 Å². The van der Waals surface area contributed by atoms with E-state index in [1.807, 2.05) is 54.6 Å². The maximum Gasteiger partial charge on any atom is 2.00 e. The molecule has 0 saturated heterocycles. The van der Waals surface area contributed by atoms with Crippen LogP contribution < -0.4 is 15.7 Å². The van der Waals surface area contributed by atoms with Crippen molar-refractivity contribution >= 4 is 33.8 Å². The second-order valence-electron chi connectivity index (χ2n) is 8.18. The summed E-state index contributed by atoms with van der Waals surface area (Å²) in [6.45, 7) is 2.07. The molecule has 35 heavy (non-hydrogen) atoms. The van der Waals surface area contributed by atoms with Crippen molar-refractivity contribution in [2.24, 2.45) is 0 Å². The topological polar surface area (TPSA) is 52.8 Å². The van der Waals surface area contributed by atoms with Crippen LogP contribution in [0.3, 0.4) is 0 Å². The molecule has 0 fully saturated rings. The quantitative estimate of drug-likeness (QED) is 0.269. The number of pyridine rings is 1. The van der Waals surface area contributed by atoms with Crippen LogP contribution in [0.15, 0.2) is 91.4 Å². The van der Waals surface area contributed by atoms with Gasteiger partial charge in [-0.1, -0.05) is 60.2 Å². The van der Waals surface area contributed by atoms with Crippen molar-refractivity contribution in [2.75, 3.05) is 0 Å². The van der Waals surface area contributed by atoms with Crippen molar-refractivity contribution < 1.29 is 21.1 Å². The standard InChI is InChI=1S/C30H20N4.Pt/c1-20-8-6-13-25-27(32-19-33-30(20)25)18-29-24-12-3-2-11-23(24)28(34-29)17-21-9-7-10-22(16-21)26-14-4-5-15-31-26;/h2-15,17-19H,1H3;/q-2;+2/b28-17-,29-18-;. The van der Waals surface area contributed by atoms with Gasteiger partial charge in [0.05, 0.1) is 11.2 Å². The number of nitrogens with zero attached hydrogens (tertiary/aromatic N) is 4. The van der Waals surface area contributed by atoms with Crippen molar-refractivity contribution in [3.8, 4) is 11.3 Å². The molecule has 0 bridgehead atoms. The minimum absolute atomic E-state index is 0. The number of hydrogen-bond donors (Lipinski definition) is 0. The van der Waals surface area contributed by atoms with Crippen LogP contribution in [0.2, 0.25) is 0 Å². The number of para-hydroxylation sites is 1. The molecule has 0 aliphatic heterocycles. The summed E-state index contributed by atoms with van der Waals surface area (Å²) < 4.78 is 0. The van der Waals surface area contributed by atoms with Crippen molar-refractivity contribution in [3.63, 3.8) is 0 Å². The van der Waals surface area contributed by atoms with E-state index in [1.54, 1.807) is 12.5 Å². The van der Waals surface area contributed by atoms with Gasteiger partial charge in [-0.2, -0.15) is 5.35 Å². The first-order valence-corrected chi connectivity index (χ1v) is 11.2. The van der Waals surface area contributed by atoms with Crippen LogP contribution in [0, 0.1) is 13.0 Å². The third-order valence-corrected chi connectivity index (χ3v) is 5.94. The van der Waals surface area contributed by atoms with Gasteiger partial charge >= 0.3 is 21.1 Å². The summed E-state index contributed by atoms with van der Waals surface area (Å²) in [5, 5.41) is 5.01. The molecule has 5 heteroatoms. The van der Waals surface area contributed by atoms with Crippen molar-refractivity contribution in [2.45, 2.75) is 6.92 Å². The van der Waals surface area contributed by atoms with Crippen molar-refractivity contribution in [1.82, 2.24) is 19.9 Å². The first-order valence-electron chi connectivity index (χ1n) is 11.2. The van der Waals surface area contributed by atoms with Gasteiger partial charge in [-0.05, 0) is 35.4 Å². The zero-order valence-corrected chi connectivity index (χ0v) is 21.2. The Morgan fingerprint density at radius 2 is 1.46 bits per heavy atom. The number of hydrogen-bond acceptors (Lipinski definition) is 3. The minimum Gasteiger partial charge on any atom is -0.663 e. The average Bonchev–Trinajstić information content (AvgIpc) is 3.22. The summed E-state index contributed by atoms with van der Waals surface area (Å²) in [5.74, 6) is 0. The fraction of sp³-hybridized carbons (Fsp3) is 0.0333. The molecule has 0 unspecified atom stereocenters. The molecule has 3 aromatic carbocycles. The fourth-order valence-corrected chi connectivity index (χ4v) is 4.29. The van der Waals surface area contributed by atoms with Crippen LogP contribution >= 0.6 is 0 Å². The molecule has 0 amide bonds. The summed E-state index contributed by atoms with van der Waals surface area (Å²) in [5.41, 5.74) is 5.78. The molecule has 0 saturated carbocycles. The summed E-state index contributed by atoms with van der Waals surface area (Å²) in [6.07, 6.45) is 7.55. The smallest absolute Gasteiger partial charge is 0.663 e. The molecule has 0 aliphatic rings. The Hall–Kier alpha value is -3.88. The van der Waals surface area contributed by atoms with Crippen LogP contribution in [-0.2, 0) is 21.1 Å². The molecule has 0 N–H and O–H groups in total. The van der Waals surface area contributed by atoms with E-state index in [9.17, 15) is 0 Å². The number of fused-ring (bicyclic) bond motifs is 2. The summed E-state index contributed by atoms with van der Waals surface area (Å²) >= 11 is 0. The molecule has 170 valence electrons. The second kappa shape index (κ2) is 9.77. The molecule has 0 aliphatic carbocycles. The molecule has 6 aromatic rings. The van der Waals surface area contributed by atoms with Gasteiger partial charge < -0.3 is 4.98 Å². The molecule has 6 rings (SSSR count). The predicted molar refractivity (Wildman–Crippen MR) is 136 cm³/mol. The van der Waals surface area contributed by atoms with Crippen LogP contribution in [0.1, 0.15) is 16.8 Å². The third-order valence-electron chi connectivity index (χ3n) is 5.94. The number of rotatable bonds is 3. The Balaban J connectivity index is 0.00000253. The Labute approximate surface area is 217 Å². The fourth-order valence-electron chi connectivity index (χ4n) is 4.29. The van der Waals surface area contributed by atoms with Gasteiger partial charge in [-0.15, -0.1) is 41.3 Å². The predicted octanol–water partition coefficient (Wildman–Crippen LogP) is 4.57. The summed E-state index contributed by atoms with van der Waals surface area (Å²) in [4.78, 5) is 18.5. The first kappa shape index (κ1) is 22.9. The maximum absolute atomic E-state index is 5.00. The molecule has 4 nitrogen and oxygen atoms in total. The van der Waals surface area contributed by atoms with E-state index in [0.717, 1.165) is 60.5 Å². The van der Waals surface area contributed by atoms with Crippen molar-refractivity contribution in [3.05, 3.63) is 125 Å². The van der Waals surface area contributed by atoms with E-state index in [1.165, 1.54) is 0 Å². The molecule has 0 spiro atoms. The zero-order chi connectivity index (χ0) is 22.9. The van der Waals surface area contributed by atoms with Gasteiger partial charge in [0.25, 0.3) is 0 Å². The van der Waals surface area contributed by atoms with Crippen LogP contribution in [0.25, 0.3) is 45.1 Å². The normalized spacial score (nSPS) is 12.3. The van der Waals surface area contributed by atoms with Gasteiger partial charge in [0.1, 0.15) is 6.33 Å². The van der Waals surface area contributed by atoms with Crippen LogP contribution in [-0.4, -0.2) is 15.0 Å². The second-order valence-corrected chi connectivity index (χ2v) is 8.18. The Morgan fingerprint density at radius 3 is 2.26 bits per heavy atom.